The molecule has 1 unspecified atom stereocenters. The number of likely N-dealkylation sites (tertiary alicyclic amines) is 1. The van der Waals surface area contributed by atoms with Crippen LogP contribution >= 0.6 is 0 Å². The molecule has 0 radical (unpaired) electrons. The van der Waals surface area contributed by atoms with Crippen LogP contribution in [0, 0.1) is 0 Å². The largest absolute Gasteiger partial charge is 0.420 e. The molecule has 0 aliphatic carbocycles. The summed E-state index contributed by atoms with van der Waals surface area (Å²) < 4.78 is 11.3. The van der Waals surface area contributed by atoms with Crippen LogP contribution in [-0.2, 0) is 21.7 Å². The summed E-state index contributed by atoms with van der Waals surface area (Å²) in [5.74, 6) is 0.938. The molecule has 4 rings (SSSR count). The maximum atomic E-state index is 13.4. The zero-order valence-corrected chi connectivity index (χ0v) is 19.6. The van der Waals surface area contributed by atoms with Gasteiger partial charge in [-0.05, 0) is 37.5 Å². The Labute approximate surface area is 195 Å². The van der Waals surface area contributed by atoms with Crippen LogP contribution in [0.5, 0.6) is 0 Å². The molecule has 0 saturated carbocycles. The van der Waals surface area contributed by atoms with E-state index in [4.69, 9.17) is 9.15 Å². The predicted molar refractivity (Wildman–Crippen MR) is 127 cm³/mol. The topological polar surface area (TPSA) is 71.7 Å². The van der Waals surface area contributed by atoms with Gasteiger partial charge in [-0.2, -0.15) is 0 Å². The van der Waals surface area contributed by atoms with Crippen molar-refractivity contribution in [2.75, 3.05) is 25.1 Å². The highest BCUT2D eigenvalue weighted by Crippen LogP contribution is 2.43. The number of anilines is 1. The molecule has 1 amide bonds. The van der Waals surface area contributed by atoms with Gasteiger partial charge in [-0.3, -0.25) is 14.6 Å². The third-order valence-electron chi connectivity index (χ3n) is 6.58. The van der Waals surface area contributed by atoms with Crippen LogP contribution in [0.15, 0.2) is 65.1 Å². The van der Waals surface area contributed by atoms with Crippen molar-refractivity contribution in [3.63, 3.8) is 0 Å². The first kappa shape index (κ1) is 23.1. The molecule has 1 atom stereocenters. The van der Waals surface area contributed by atoms with E-state index >= 15 is 0 Å². The standard InChI is InChI=1S/C26H32N4O3/c1-4-24(31)30(22-13-9-6-10-14-22)26(25-28-27-23(33-25)19-32-3)15-17-29(18-16-26)20(2)21-11-7-5-8-12-21/h5-14,20H,4,15-19H2,1-3H3. The number of rotatable bonds is 8. The van der Waals surface area contributed by atoms with Crippen molar-refractivity contribution < 1.29 is 13.9 Å². The number of carbonyl (C=O) groups is 1. The maximum Gasteiger partial charge on any atom is 0.242 e. The van der Waals surface area contributed by atoms with E-state index in [1.54, 1.807) is 7.11 Å². The Morgan fingerprint density at radius 2 is 1.73 bits per heavy atom. The number of piperidine rings is 1. The number of ether oxygens (including phenoxy) is 1. The molecule has 3 aromatic rings. The van der Waals surface area contributed by atoms with Gasteiger partial charge < -0.3 is 9.15 Å². The number of amides is 1. The molecule has 1 aliphatic heterocycles. The number of methoxy groups -OCH3 is 1. The molecule has 1 saturated heterocycles. The molecule has 33 heavy (non-hydrogen) atoms. The van der Waals surface area contributed by atoms with Gasteiger partial charge in [0.1, 0.15) is 12.1 Å². The highest BCUT2D eigenvalue weighted by molar-refractivity contribution is 5.94. The van der Waals surface area contributed by atoms with Crippen LogP contribution in [0.4, 0.5) is 5.69 Å². The van der Waals surface area contributed by atoms with Crippen molar-refractivity contribution in [1.82, 2.24) is 15.1 Å². The van der Waals surface area contributed by atoms with E-state index in [0.717, 1.165) is 18.8 Å². The summed E-state index contributed by atoms with van der Waals surface area (Å²) in [6, 6.07) is 20.6. The predicted octanol–water partition coefficient (Wildman–Crippen LogP) is 4.71. The van der Waals surface area contributed by atoms with E-state index in [1.165, 1.54) is 5.56 Å². The molecule has 7 nitrogen and oxygen atoms in total. The van der Waals surface area contributed by atoms with E-state index in [9.17, 15) is 4.79 Å². The fraction of sp³-hybridized carbons (Fsp3) is 0.423. The number of para-hydroxylation sites is 1. The zero-order chi connectivity index (χ0) is 23.3. The van der Waals surface area contributed by atoms with E-state index in [1.807, 2.05) is 48.2 Å². The van der Waals surface area contributed by atoms with Gasteiger partial charge in [-0.1, -0.05) is 55.5 Å². The van der Waals surface area contributed by atoms with Crippen LogP contribution in [0.25, 0.3) is 0 Å². The van der Waals surface area contributed by atoms with Gasteiger partial charge in [0.05, 0.1) is 0 Å². The van der Waals surface area contributed by atoms with Crippen molar-refractivity contribution in [2.24, 2.45) is 0 Å². The quantitative estimate of drug-likeness (QED) is 0.497. The average Bonchev–Trinajstić information content (AvgIpc) is 3.35. The lowest BCUT2D eigenvalue weighted by molar-refractivity contribution is -0.120. The van der Waals surface area contributed by atoms with Crippen molar-refractivity contribution in [3.05, 3.63) is 78.0 Å². The van der Waals surface area contributed by atoms with Crippen molar-refractivity contribution in [2.45, 2.75) is 51.3 Å². The van der Waals surface area contributed by atoms with Crippen LogP contribution < -0.4 is 4.90 Å². The first-order chi connectivity index (χ1) is 16.1. The SMILES string of the molecule is CCC(=O)N(c1ccccc1)C1(c2nnc(COC)o2)CCN(C(C)c2ccccc2)CC1. The summed E-state index contributed by atoms with van der Waals surface area (Å²) in [7, 11) is 1.60. The monoisotopic (exact) mass is 448 g/mol. The summed E-state index contributed by atoms with van der Waals surface area (Å²) in [6.07, 6.45) is 1.78. The normalized spacial score (nSPS) is 16.9. The van der Waals surface area contributed by atoms with Gasteiger partial charge in [-0.25, -0.2) is 0 Å². The Balaban J connectivity index is 1.70. The van der Waals surface area contributed by atoms with E-state index < -0.39 is 5.54 Å². The minimum absolute atomic E-state index is 0.0391. The fourth-order valence-corrected chi connectivity index (χ4v) is 4.75. The molecular formula is C26H32N4O3. The molecule has 0 N–H and O–H groups in total. The fourth-order valence-electron chi connectivity index (χ4n) is 4.75. The second-order valence-electron chi connectivity index (χ2n) is 8.51. The summed E-state index contributed by atoms with van der Waals surface area (Å²) in [5, 5.41) is 8.61. The summed E-state index contributed by atoms with van der Waals surface area (Å²) in [5.41, 5.74) is 1.43. The molecular weight excluding hydrogens is 416 g/mol. The minimum Gasteiger partial charge on any atom is -0.420 e. The van der Waals surface area contributed by atoms with Crippen LogP contribution in [0.1, 0.15) is 56.5 Å². The molecule has 174 valence electrons. The minimum atomic E-state index is -0.708. The Morgan fingerprint density at radius 3 is 2.33 bits per heavy atom. The van der Waals surface area contributed by atoms with Crippen molar-refractivity contribution >= 4 is 11.6 Å². The summed E-state index contributed by atoms with van der Waals surface area (Å²) in [4.78, 5) is 17.7. The van der Waals surface area contributed by atoms with Crippen molar-refractivity contribution in [3.8, 4) is 0 Å². The van der Waals surface area contributed by atoms with Crippen LogP contribution in [-0.4, -0.2) is 41.2 Å². The molecule has 7 heteroatoms. The molecule has 1 fully saturated rings. The molecule has 2 heterocycles. The maximum absolute atomic E-state index is 13.4. The Morgan fingerprint density at radius 1 is 1.09 bits per heavy atom. The zero-order valence-electron chi connectivity index (χ0n) is 19.6. The average molecular weight is 449 g/mol. The molecule has 0 bridgehead atoms. The van der Waals surface area contributed by atoms with Gasteiger partial charge >= 0.3 is 0 Å². The lowest BCUT2D eigenvalue weighted by Crippen LogP contribution is -2.56. The third kappa shape index (κ3) is 4.70. The molecule has 1 aliphatic rings. The van der Waals surface area contributed by atoms with E-state index in [2.05, 4.69) is 46.3 Å². The first-order valence-electron chi connectivity index (χ1n) is 11.6. The number of nitrogens with zero attached hydrogens (tertiary/aromatic N) is 4. The van der Waals surface area contributed by atoms with Gasteiger partial charge in [0.15, 0.2) is 0 Å². The van der Waals surface area contributed by atoms with Gasteiger partial charge in [-0.15, -0.1) is 10.2 Å². The Hall–Kier alpha value is -3.03. The summed E-state index contributed by atoms with van der Waals surface area (Å²) >= 11 is 0. The highest BCUT2D eigenvalue weighted by atomic mass is 16.5. The third-order valence-corrected chi connectivity index (χ3v) is 6.58. The second-order valence-corrected chi connectivity index (χ2v) is 8.51. The lowest BCUT2D eigenvalue weighted by Gasteiger charge is -2.47. The van der Waals surface area contributed by atoms with Gasteiger partial charge in [0.25, 0.3) is 0 Å². The van der Waals surface area contributed by atoms with Gasteiger partial charge in [0, 0.05) is 38.3 Å². The summed E-state index contributed by atoms with van der Waals surface area (Å²) in [6.45, 7) is 5.98. The number of hydrogen-bond donors (Lipinski definition) is 0. The Kier molecular flexibility index (Phi) is 7.20. The number of aromatic nitrogens is 2. The second kappa shape index (κ2) is 10.3. The van der Waals surface area contributed by atoms with E-state index in [0.29, 0.717) is 31.0 Å². The smallest absolute Gasteiger partial charge is 0.242 e. The lowest BCUT2D eigenvalue weighted by atomic mass is 9.83. The number of benzene rings is 2. The first-order valence-corrected chi connectivity index (χ1v) is 11.6. The Bertz CT molecular complexity index is 1030. The molecule has 0 spiro atoms. The highest BCUT2D eigenvalue weighted by Gasteiger charge is 2.49. The molecule has 1 aromatic heterocycles. The van der Waals surface area contributed by atoms with Crippen LogP contribution in [0.3, 0.4) is 0 Å². The van der Waals surface area contributed by atoms with E-state index in [-0.39, 0.29) is 18.6 Å². The van der Waals surface area contributed by atoms with Gasteiger partial charge in [0.2, 0.25) is 17.7 Å². The molecule has 2 aromatic carbocycles. The van der Waals surface area contributed by atoms with Crippen LogP contribution in [0.2, 0.25) is 0 Å². The number of hydrogen-bond acceptors (Lipinski definition) is 6. The number of carbonyl (C=O) groups excluding carboxylic acids is 1. The van der Waals surface area contributed by atoms with Crippen molar-refractivity contribution in [1.29, 1.82) is 0 Å².